The number of hydrogen-bond donors (Lipinski definition) is 2. The minimum absolute atomic E-state index is 0.381. The van der Waals surface area contributed by atoms with Crippen molar-refractivity contribution in [1.82, 2.24) is 5.32 Å². The third-order valence-corrected chi connectivity index (χ3v) is 2.88. The number of alkyl halides is 3. The molecule has 0 saturated heterocycles. The van der Waals surface area contributed by atoms with Crippen LogP contribution in [0.25, 0.3) is 11.3 Å². The van der Waals surface area contributed by atoms with Crippen molar-refractivity contribution in [3.63, 3.8) is 0 Å². The van der Waals surface area contributed by atoms with Gasteiger partial charge in [-0.15, -0.1) is 0 Å². The number of aliphatic hydroxyl groups is 1. The Morgan fingerprint density at radius 2 is 2.00 bits per heavy atom. The van der Waals surface area contributed by atoms with Crippen LogP contribution in [0.15, 0.2) is 40.8 Å². The van der Waals surface area contributed by atoms with Gasteiger partial charge >= 0.3 is 6.18 Å². The molecule has 1 unspecified atom stereocenters. The van der Waals surface area contributed by atoms with E-state index in [1.54, 1.807) is 25.1 Å². The van der Waals surface area contributed by atoms with E-state index in [4.69, 9.17) is 9.52 Å². The number of aliphatic hydroxyl groups excluding tert-OH is 1. The maximum absolute atomic E-state index is 12.7. The van der Waals surface area contributed by atoms with E-state index < -0.39 is 17.8 Å². The van der Waals surface area contributed by atoms with E-state index in [2.05, 4.69) is 5.32 Å². The summed E-state index contributed by atoms with van der Waals surface area (Å²) < 4.78 is 43.5. The molecule has 2 aromatic rings. The fraction of sp³-hybridized carbons (Fsp3) is 0.333. The van der Waals surface area contributed by atoms with Crippen molar-refractivity contribution in [2.75, 3.05) is 6.54 Å². The van der Waals surface area contributed by atoms with Crippen LogP contribution in [0.5, 0.6) is 0 Å². The zero-order valence-corrected chi connectivity index (χ0v) is 11.4. The highest BCUT2D eigenvalue weighted by molar-refractivity contribution is 5.58. The van der Waals surface area contributed by atoms with Crippen LogP contribution in [0.4, 0.5) is 13.2 Å². The van der Waals surface area contributed by atoms with Gasteiger partial charge in [-0.3, -0.25) is 0 Å². The van der Waals surface area contributed by atoms with Gasteiger partial charge in [0.1, 0.15) is 11.5 Å². The van der Waals surface area contributed by atoms with E-state index in [1.165, 1.54) is 6.07 Å². The third-order valence-electron chi connectivity index (χ3n) is 2.88. The lowest BCUT2D eigenvalue weighted by molar-refractivity contribution is -0.137. The lowest BCUT2D eigenvalue weighted by atomic mass is 10.1. The molecule has 0 spiro atoms. The standard InChI is InChI=1S/C15H16F3NO2/c1-10(20)8-19-9-13-5-6-14(21-13)11-3-2-4-12(7-11)15(16,17)18/h2-7,10,19-20H,8-9H2,1H3. The highest BCUT2D eigenvalue weighted by Gasteiger charge is 2.30. The normalized spacial score (nSPS) is 13.4. The Morgan fingerprint density at radius 3 is 2.67 bits per heavy atom. The van der Waals surface area contributed by atoms with Gasteiger partial charge in [0.2, 0.25) is 0 Å². The van der Waals surface area contributed by atoms with Crippen LogP contribution >= 0.6 is 0 Å². The summed E-state index contributed by atoms with van der Waals surface area (Å²) in [6, 6.07) is 8.34. The summed E-state index contributed by atoms with van der Waals surface area (Å²) in [5, 5.41) is 12.1. The summed E-state index contributed by atoms with van der Waals surface area (Å²) in [5.41, 5.74) is -0.322. The molecule has 1 aromatic heterocycles. The first-order valence-corrected chi connectivity index (χ1v) is 6.51. The van der Waals surface area contributed by atoms with E-state index in [0.717, 1.165) is 12.1 Å². The maximum Gasteiger partial charge on any atom is 0.416 e. The molecule has 0 aliphatic carbocycles. The van der Waals surface area contributed by atoms with E-state index >= 15 is 0 Å². The first-order valence-electron chi connectivity index (χ1n) is 6.51. The summed E-state index contributed by atoms with van der Waals surface area (Å²) in [6.45, 7) is 2.48. The highest BCUT2D eigenvalue weighted by atomic mass is 19.4. The van der Waals surface area contributed by atoms with Crippen LogP contribution in [0.3, 0.4) is 0 Å². The monoisotopic (exact) mass is 299 g/mol. The molecule has 0 aliphatic heterocycles. The van der Waals surface area contributed by atoms with Gasteiger partial charge in [-0.05, 0) is 31.2 Å². The minimum Gasteiger partial charge on any atom is -0.460 e. The van der Waals surface area contributed by atoms with E-state index in [0.29, 0.717) is 30.2 Å². The van der Waals surface area contributed by atoms with Crippen LogP contribution in [0.2, 0.25) is 0 Å². The molecule has 2 N–H and O–H groups in total. The van der Waals surface area contributed by atoms with Gasteiger partial charge in [0.25, 0.3) is 0 Å². The molecule has 0 aliphatic rings. The quantitative estimate of drug-likeness (QED) is 0.889. The zero-order chi connectivity index (χ0) is 15.5. The Hall–Kier alpha value is -1.79. The van der Waals surface area contributed by atoms with Gasteiger partial charge in [-0.2, -0.15) is 13.2 Å². The summed E-state index contributed by atoms with van der Waals surface area (Å²) >= 11 is 0. The summed E-state index contributed by atoms with van der Waals surface area (Å²) in [5.74, 6) is 0.984. The van der Waals surface area contributed by atoms with Crippen molar-refractivity contribution >= 4 is 0 Å². The molecule has 3 nitrogen and oxygen atoms in total. The first-order chi connectivity index (χ1) is 9.86. The molecule has 1 atom stereocenters. The Morgan fingerprint density at radius 1 is 1.24 bits per heavy atom. The summed E-state index contributed by atoms with van der Waals surface area (Å²) in [7, 11) is 0. The minimum atomic E-state index is -4.37. The van der Waals surface area contributed by atoms with Crippen LogP contribution < -0.4 is 5.32 Å². The van der Waals surface area contributed by atoms with Gasteiger partial charge in [0.15, 0.2) is 0 Å². The van der Waals surface area contributed by atoms with Crippen molar-refractivity contribution in [2.45, 2.75) is 25.7 Å². The van der Waals surface area contributed by atoms with Crippen molar-refractivity contribution in [1.29, 1.82) is 0 Å². The summed E-state index contributed by atoms with van der Waals surface area (Å²) in [6.07, 6.45) is -4.84. The predicted molar refractivity (Wildman–Crippen MR) is 72.5 cm³/mol. The molecule has 2 rings (SSSR count). The van der Waals surface area contributed by atoms with Crippen molar-refractivity contribution < 1.29 is 22.7 Å². The van der Waals surface area contributed by atoms with Gasteiger partial charge in [0.05, 0.1) is 18.2 Å². The van der Waals surface area contributed by atoms with Crippen molar-refractivity contribution in [3.05, 3.63) is 47.7 Å². The second-order valence-corrected chi connectivity index (χ2v) is 4.82. The lowest BCUT2D eigenvalue weighted by Crippen LogP contribution is -2.23. The number of benzene rings is 1. The summed E-state index contributed by atoms with van der Waals surface area (Å²) in [4.78, 5) is 0. The number of furan rings is 1. The number of rotatable bonds is 5. The molecule has 0 bridgehead atoms. The van der Waals surface area contributed by atoms with Crippen LogP contribution in [0, 0.1) is 0 Å². The molecule has 0 radical (unpaired) electrons. The SMILES string of the molecule is CC(O)CNCc1ccc(-c2cccc(C(F)(F)F)c2)o1. The van der Waals surface area contributed by atoms with Gasteiger partial charge in [-0.25, -0.2) is 0 Å². The average Bonchev–Trinajstić information content (AvgIpc) is 2.86. The second-order valence-electron chi connectivity index (χ2n) is 4.82. The molecule has 6 heteroatoms. The van der Waals surface area contributed by atoms with Crippen LogP contribution in [-0.2, 0) is 12.7 Å². The predicted octanol–water partition coefficient (Wildman–Crippen LogP) is 3.44. The lowest BCUT2D eigenvalue weighted by Gasteiger charge is -2.07. The van der Waals surface area contributed by atoms with E-state index in [1.807, 2.05) is 0 Å². The Kier molecular flexibility index (Phi) is 4.69. The topological polar surface area (TPSA) is 45.4 Å². The molecule has 0 amide bonds. The molecular formula is C15H16F3NO2. The van der Waals surface area contributed by atoms with Gasteiger partial charge in [-0.1, -0.05) is 12.1 Å². The molecular weight excluding hydrogens is 283 g/mol. The van der Waals surface area contributed by atoms with E-state index in [-0.39, 0.29) is 0 Å². The third kappa shape index (κ3) is 4.34. The van der Waals surface area contributed by atoms with Crippen LogP contribution in [-0.4, -0.2) is 17.8 Å². The van der Waals surface area contributed by atoms with Gasteiger partial charge < -0.3 is 14.8 Å². The largest absolute Gasteiger partial charge is 0.460 e. The Bertz CT molecular complexity index is 591. The zero-order valence-electron chi connectivity index (χ0n) is 11.4. The fourth-order valence-electron chi connectivity index (χ4n) is 1.88. The maximum atomic E-state index is 12.7. The van der Waals surface area contributed by atoms with Crippen molar-refractivity contribution in [3.8, 4) is 11.3 Å². The molecule has 1 heterocycles. The van der Waals surface area contributed by atoms with Crippen LogP contribution in [0.1, 0.15) is 18.2 Å². The van der Waals surface area contributed by atoms with Crippen molar-refractivity contribution in [2.24, 2.45) is 0 Å². The molecule has 1 aromatic carbocycles. The Labute approximate surface area is 120 Å². The van der Waals surface area contributed by atoms with E-state index in [9.17, 15) is 13.2 Å². The molecule has 114 valence electrons. The number of halogens is 3. The number of hydrogen-bond acceptors (Lipinski definition) is 3. The molecule has 0 fully saturated rings. The Balaban J connectivity index is 2.11. The molecule has 21 heavy (non-hydrogen) atoms. The highest BCUT2D eigenvalue weighted by Crippen LogP contribution is 2.32. The first kappa shape index (κ1) is 15.6. The average molecular weight is 299 g/mol. The smallest absolute Gasteiger partial charge is 0.416 e. The fourth-order valence-corrected chi connectivity index (χ4v) is 1.88. The second kappa shape index (κ2) is 6.32. The van der Waals surface area contributed by atoms with Gasteiger partial charge in [0, 0.05) is 12.1 Å². The number of nitrogens with one attached hydrogen (secondary N) is 1. The molecule has 0 saturated carbocycles.